The molecule has 1 aromatic carbocycles. The normalized spacial score (nSPS) is 14.0. The second-order valence-electron chi connectivity index (χ2n) is 6.00. The van der Waals surface area contributed by atoms with E-state index in [1.165, 1.54) is 16.7 Å². The standard InChI is InChI=1S/C17H27NO2/c1-12(10-16(11-18)17(19)20)5-4-6-15-8-13(2)7-14(3)9-15/h7-9,12,16H,4-6,10-11,18H2,1-3H3,(H,19,20). The fourth-order valence-corrected chi connectivity index (χ4v) is 2.77. The third-order valence-corrected chi connectivity index (χ3v) is 3.76. The third-order valence-electron chi connectivity index (χ3n) is 3.76. The van der Waals surface area contributed by atoms with Crippen LogP contribution < -0.4 is 5.73 Å². The molecule has 2 atom stereocenters. The highest BCUT2D eigenvalue weighted by molar-refractivity contribution is 5.70. The number of nitrogens with two attached hydrogens (primary N) is 1. The summed E-state index contributed by atoms with van der Waals surface area (Å²) in [6.45, 7) is 6.60. The van der Waals surface area contributed by atoms with Crippen LogP contribution in [0.1, 0.15) is 42.9 Å². The van der Waals surface area contributed by atoms with Crippen LogP contribution in [0, 0.1) is 25.7 Å². The van der Waals surface area contributed by atoms with Gasteiger partial charge in [0.25, 0.3) is 0 Å². The summed E-state index contributed by atoms with van der Waals surface area (Å²) in [4.78, 5) is 11.0. The van der Waals surface area contributed by atoms with Crippen LogP contribution in [0.15, 0.2) is 18.2 Å². The van der Waals surface area contributed by atoms with Gasteiger partial charge in [0.05, 0.1) is 5.92 Å². The number of carbonyl (C=O) groups is 1. The van der Waals surface area contributed by atoms with E-state index in [4.69, 9.17) is 10.8 Å². The molecule has 1 aromatic rings. The number of aryl methyl sites for hydroxylation is 3. The molecule has 3 heteroatoms. The summed E-state index contributed by atoms with van der Waals surface area (Å²) in [7, 11) is 0. The molecule has 0 bridgehead atoms. The van der Waals surface area contributed by atoms with Crippen molar-refractivity contribution in [1.29, 1.82) is 0 Å². The Morgan fingerprint density at radius 2 is 1.85 bits per heavy atom. The van der Waals surface area contributed by atoms with E-state index in [0.717, 1.165) is 19.3 Å². The predicted octanol–water partition coefficient (Wildman–Crippen LogP) is 3.31. The molecular formula is C17H27NO2. The Morgan fingerprint density at radius 1 is 1.25 bits per heavy atom. The van der Waals surface area contributed by atoms with Gasteiger partial charge in [0.15, 0.2) is 0 Å². The lowest BCUT2D eigenvalue weighted by molar-refractivity contribution is -0.141. The Hall–Kier alpha value is -1.35. The van der Waals surface area contributed by atoms with E-state index in [2.05, 4.69) is 39.0 Å². The Morgan fingerprint density at radius 3 is 2.35 bits per heavy atom. The Labute approximate surface area is 122 Å². The third kappa shape index (κ3) is 5.74. The van der Waals surface area contributed by atoms with Gasteiger partial charge in [-0.2, -0.15) is 0 Å². The lowest BCUT2D eigenvalue weighted by Crippen LogP contribution is -2.25. The summed E-state index contributed by atoms with van der Waals surface area (Å²) in [6.07, 6.45) is 3.89. The Kier molecular flexibility index (Phi) is 6.73. The summed E-state index contributed by atoms with van der Waals surface area (Å²) in [5.41, 5.74) is 9.49. The molecular weight excluding hydrogens is 250 g/mol. The van der Waals surface area contributed by atoms with Crippen molar-refractivity contribution in [2.75, 3.05) is 6.54 Å². The van der Waals surface area contributed by atoms with Crippen LogP contribution in [0.3, 0.4) is 0 Å². The van der Waals surface area contributed by atoms with Gasteiger partial charge in [0.1, 0.15) is 0 Å². The number of carboxylic acids is 1. The number of benzene rings is 1. The van der Waals surface area contributed by atoms with E-state index >= 15 is 0 Å². The summed E-state index contributed by atoms with van der Waals surface area (Å²) in [5.74, 6) is -0.759. The number of hydrogen-bond donors (Lipinski definition) is 2. The summed E-state index contributed by atoms with van der Waals surface area (Å²) >= 11 is 0. The second kappa shape index (κ2) is 8.05. The highest BCUT2D eigenvalue weighted by atomic mass is 16.4. The monoisotopic (exact) mass is 277 g/mol. The lowest BCUT2D eigenvalue weighted by Gasteiger charge is -2.16. The minimum Gasteiger partial charge on any atom is -0.481 e. The fraction of sp³-hybridized carbons (Fsp3) is 0.588. The van der Waals surface area contributed by atoms with Crippen LogP contribution in [0.2, 0.25) is 0 Å². The van der Waals surface area contributed by atoms with Crippen LogP contribution in [-0.4, -0.2) is 17.6 Å². The molecule has 0 aliphatic carbocycles. The van der Waals surface area contributed by atoms with Crippen molar-refractivity contribution < 1.29 is 9.90 Å². The average molecular weight is 277 g/mol. The maximum Gasteiger partial charge on any atom is 0.307 e. The molecule has 3 nitrogen and oxygen atoms in total. The zero-order chi connectivity index (χ0) is 15.1. The van der Waals surface area contributed by atoms with E-state index in [0.29, 0.717) is 12.3 Å². The molecule has 1 rings (SSSR count). The summed E-state index contributed by atoms with van der Waals surface area (Å²) in [5, 5.41) is 9.01. The van der Waals surface area contributed by atoms with Gasteiger partial charge >= 0.3 is 5.97 Å². The minimum atomic E-state index is -0.770. The predicted molar refractivity (Wildman–Crippen MR) is 82.8 cm³/mol. The number of aliphatic carboxylic acids is 1. The number of carboxylic acid groups (broad SMARTS) is 1. The van der Waals surface area contributed by atoms with Gasteiger partial charge in [-0.3, -0.25) is 4.79 Å². The van der Waals surface area contributed by atoms with Crippen LogP contribution in [0.25, 0.3) is 0 Å². The molecule has 0 saturated carbocycles. The smallest absolute Gasteiger partial charge is 0.307 e. The highest BCUT2D eigenvalue weighted by Crippen LogP contribution is 2.19. The first-order chi connectivity index (χ1) is 9.42. The molecule has 0 aromatic heterocycles. The molecule has 2 unspecified atom stereocenters. The first-order valence-corrected chi connectivity index (χ1v) is 7.42. The minimum absolute atomic E-state index is 0.233. The zero-order valence-corrected chi connectivity index (χ0v) is 12.9. The molecule has 0 aliphatic rings. The second-order valence-corrected chi connectivity index (χ2v) is 6.00. The van der Waals surface area contributed by atoms with Gasteiger partial charge in [0, 0.05) is 6.54 Å². The molecule has 3 N–H and O–H groups in total. The molecule has 20 heavy (non-hydrogen) atoms. The molecule has 0 amide bonds. The lowest BCUT2D eigenvalue weighted by atomic mass is 9.91. The maximum atomic E-state index is 11.0. The SMILES string of the molecule is Cc1cc(C)cc(CCCC(C)CC(CN)C(=O)O)c1. The van der Waals surface area contributed by atoms with E-state index < -0.39 is 11.9 Å². The van der Waals surface area contributed by atoms with Crippen LogP contribution in [-0.2, 0) is 11.2 Å². The van der Waals surface area contributed by atoms with Gasteiger partial charge in [-0.05, 0) is 44.6 Å². The van der Waals surface area contributed by atoms with Gasteiger partial charge < -0.3 is 10.8 Å². The topological polar surface area (TPSA) is 63.3 Å². The zero-order valence-electron chi connectivity index (χ0n) is 12.9. The van der Waals surface area contributed by atoms with Gasteiger partial charge in [0.2, 0.25) is 0 Å². The van der Waals surface area contributed by atoms with Gasteiger partial charge in [-0.25, -0.2) is 0 Å². The van der Waals surface area contributed by atoms with Crippen LogP contribution >= 0.6 is 0 Å². The van der Waals surface area contributed by atoms with Crippen molar-refractivity contribution in [2.24, 2.45) is 17.6 Å². The first kappa shape index (κ1) is 16.7. The largest absolute Gasteiger partial charge is 0.481 e. The fourth-order valence-electron chi connectivity index (χ4n) is 2.77. The molecule has 0 saturated heterocycles. The van der Waals surface area contributed by atoms with Crippen molar-refractivity contribution in [1.82, 2.24) is 0 Å². The highest BCUT2D eigenvalue weighted by Gasteiger charge is 2.18. The average Bonchev–Trinajstić information content (AvgIpc) is 2.34. The molecule has 0 heterocycles. The van der Waals surface area contributed by atoms with Crippen molar-refractivity contribution in [3.8, 4) is 0 Å². The molecule has 0 spiro atoms. The molecule has 112 valence electrons. The van der Waals surface area contributed by atoms with Crippen LogP contribution in [0.4, 0.5) is 0 Å². The summed E-state index contributed by atoms with van der Waals surface area (Å²) in [6, 6.07) is 6.65. The van der Waals surface area contributed by atoms with E-state index in [-0.39, 0.29) is 6.54 Å². The molecule has 0 fully saturated rings. The molecule has 0 radical (unpaired) electrons. The van der Waals surface area contributed by atoms with E-state index in [9.17, 15) is 4.79 Å². The van der Waals surface area contributed by atoms with Crippen molar-refractivity contribution in [3.05, 3.63) is 34.9 Å². The van der Waals surface area contributed by atoms with Crippen molar-refractivity contribution >= 4 is 5.97 Å². The van der Waals surface area contributed by atoms with Crippen LogP contribution in [0.5, 0.6) is 0 Å². The first-order valence-electron chi connectivity index (χ1n) is 7.42. The number of rotatable bonds is 8. The van der Waals surface area contributed by atoms with Crippen molar-refractivity contribution in [2.45, 2.75) is 46.5 Å². The number of hydrogen-bond acceptors (Lipinski definition) is 2. The van der Waals surface area contributed by atoms with Gasteiger partial charge in [-0.15, -0.1) is 0 Å². The Balaban J connectivity index is 2.38. The molecule has 0 aliphatic heterocycles. The summed E-state index contributed by atoms with van der Waals surface area (Å²) < 4.78 is 0. The van der Waals surface area contributed by atoms with E-state index in [1.54, 1.807) is 0 Å². The quantitative estimate of drug-likeness (QED) is 0.766. The van der Waals surface area contributed by atoms with E-state index in [1.807, 2.05) is 0 Å². The van der Waals surface area contributed by atoms with Crippen molar-refractivity contribution in [3.63, 3.8) is 0 Å². The Bertz CT molecular complexity index is 422. The van der Waals surface area contributed by atoms with Gasteiger partial charge in [-0.1, -0.05) is 42.7 Å². The maximum absolute atomic E-state index is 11.0.